The lowest BCUT2D eigenvalue weighted by Gasteiger charge is -2.34. The summed E-state index contributed by atoms with van der Waals surface area (Å²) in [6, 6.07) is 2.83. The van der Waals surface area contributed by atoms with Crippen molar-refractivity contribution >= 4 is 52.1 Å². The van der Waals surface area contributed by atoms with Crippen molar-refractivity contribution < 1.29 is 0 Å². The number of nitrogens with one attached hydrogen (secondary N) is 1. The maximum Gasteiger partial charge on any atom is 0.0445 e. The van der Waals surface area contributed by atoms with Gasteiger partial charge in [-0.25, -0.2) is 0 Å². The van der Waals surface area contributed by atoms with Crippen LogP contribution in [0.2, 0.25) is 0 Å². The smallest absolute Gasteiger partial charge is 0.0445 e. The van der Waals surface area contributed by atoms with Crippen molar-refractivity contribution in [3.8, 4) is 0 Å². The number of hydrogen-bond donors (Lipinski definition) is 1. The summed E-state index contributed by atoms with van der Waals surface area (Å²) in [6.45, 7) is 8.36. The Kier molecular flexibility index (Phi) is 10.4. The van der Waals surface area contributed by atoms with Crippen LogP contribution in [-0.4, -0.2) is 31.1 Å². The monoisotopic (exact) mass is 386 g/mol. The minimum Gasteiger partial charge on any atom is -0.314 e. The van der Waals surface area contributed by atoms with Gasteiger partial charge in [-0.05, 0) is 34.8 Å². The van der Waals surface area contributed by atoms with Gasteiger partial charge in [-0.3, -0.25) is 4.90 Å². The average molecular weight is 388 g/mol. The van der Waals surface area contributed by atoms with E-state index in [1.165, 1.54) is 15.8 Å². The van der Waals surface area contributed by atoms with Crippen LogP contribution in [0.5, 0.6) is 0 Å². The molecule has 2 rings (SSSR count). The summed E-state index contributed by atoms with van der Waals surface area (Å²) in [4.78, 5) is 4.07. The van der Waals surface area contributed by atoms with Gasteiger partial charge < -0.3 is 5.32 Å². The third-order valence-electron chi connectivity index (χ3n) is 3.15. The fourth-order valence-electron chi connectivity index (χ4n) is 2.28. The normalized spacial score (nSPS) is 17.1. The van der Waals surface area contributed by atoms with Crippen LogP contribution in [0.25, 0.3) is 0 Å². The van der Waals surface area contributed by atoms with Gasteiger partial charge in [0.15, 0.2) is 0 Å². The number of rotatable bonds is 5. The van der Waals surface area contributed by atoms with Gasteiger partial charge in [0.25, 0.3) is 0 Å². The molecule has 1 N–H and O–H groups in total. The van der Waals surface area contributed by atoms with E-state index < -0.39 is 0 Å². The number of nitrogens with zero attached hydrogens (tertiary/aromatic N) is 1. The lowest BCUT2D eigenvalue weighted by molar-refractivity contribution is 0.168. The van der Waals surface area contributed by atoms with Gasteiger partial charge in [0.2, 0.25) is 0 Å². The first-order chi connectivity index (χ1) is 8.31. The average Bonchev–Trinajstić information content (AvgIpc) is 2.78. The molecule has 0 aromatic carbocycles. The Bertz CT molecular complexity index is 367. The zero-order chi connectivity index (χ0) is 12.1. The molecular formula is C13H21BrCl2N2S. The Morgan fingerprint density at radius 1 is 1.42 bits per heavy atom. The van der Waals surface area contributed by atoms with Gasteiger partial charge in [0.1, 0.15) is 0 Å². The Morgan fingerprint density at radius 3 is 2.63 bits per heavy atom. The molecule has 0 amide bonds. The van der Waals surface area contributed by atoms with E-state index in [2.05, 4.69) is 44.2 Å². The molecule has 1 aliphatic heterocycles. The van der Waals surface area contributed by atoms with Crippen LogP contribution in [0, 0.1) is 0 Å². The largest absolute Gasteiger partial charge is 0.314 e. The SMILES string of the molecule is C=CCC[C@@H](c1cc(Br)cs1)N1CCNCC1.Cl.Cl. The fraction of sp³-hybridized carbons (Fsp3) is 0.538. The van der Waals surface area contributed by atoms with Gasteiger partial charge in [-0.1, -0.05) is 6.08 Å². The van der Waals surface area contributed by atoms with Crippen molar-refractivity contribution in [3.05, 3.63) is 33.5 Å². The minimum atomic E-state index is 0. The summed E-state index contributed by atoms with van der Waals surface area (Å²) < 4.78 is 1.20. The summed E-state index contributed by atoms with van der Waals surface area (Å²) in [5.41, 5.74) is 0. The second-order valence-electron chi connectivity index (χ2n) is 4.34. The Balaban J connectivity index is 0.00000162. The molecule has 1 atom stereocenters. The van der Waals surface area contributed by atoms with Crippen molar-refractivity contribution in [2.45, 2.75) is 18.9 Å². The second-order valence-corrected chi connectivity index (χ2v) is 6.19. The molecule has 110 valence electrons. The molecule has 0 unspecified atom stereocenters. The lowest BCUT2D eigenvalue weighted by Crippen LogP contribution is -2.45. The molecule has 1 saturated heterocycles. The van der Waals surface area contributed by atoms with E-state index in [9.17, 15) is 0 Å². The van der Waals surface area contributed by atoms with Crippen LogP contribution in [0.3, 0.4) is 0 Å². The number of thiophene rings is 1. The highest BCUT2D eigenvalue weighted by Gasteiger charge is 2.22. The first kappa shape index (κ1) is 19.4. The van der Waals surface area contributed by atoms with E-state index in [4.69, 9.17) is 0 Å². The van der Waals surface area contributed by atoms with Crippen molar-refractivity contribution in [1.29, 1.82) is 0 Å². The zero-order valence-corrected chi connectivity index (χ0v) is 14.8. The van der Waals surface area contributed by atoms with E-state index in [1.54, 1.807) is 0 Å². The molecule has 0 bridgehead atoms. The molecule has 0 aliphatic carbocycles. The van der Waals surface area contributed by atoms with Crippen LogP contribution in [0.15, 0.2) is 28.6 Å². The van der Waals surface area contributed by atoms with Gasteiger partial charge in [-0.15, -0.1) is 42.7 Å². The molecule has 0 radical (unpaired) electrons. The van der Waals surface area contributed by atoms with Gasteiger partial charge in [0.05, 0.1) is 0 Å². The van der Waals surface area contributed by atoms with E-state index in [1.807, 2.05) is 17.4 Å². The molecule has 2 heterocycles. The highest BCUT2D eigenvalue weighted by Crippen LogP contribution is 2.32. The molecule has 1 aromatic heterocycles. The summed E-state index contributed by atoms with van der Waals surface area (Å²) in [5, 5.41) is 5.59. The van der Waals surface area contributed by atoms with E-state index in [0.717, 1.165) is 32.6 Å². The van der Waals surface area contributed by atoms with E-state index in [0.29, 0.717) is 6.04 Å². The van der Waals surface area contributed by atoms with Gasteiger partial charge in [-0.2, -0.15) is 0 Å². The fourth-order valence-corrected chi connectivity index (χ4v) is 3.89. The highest BCUT2D eigenvalue weighted by atomic mass is 79.9. The molecule has 0 saturated carbocycles. The maximum atomic E-state index is 3.84. The second kappa shape index (κ2) is 10.2. The predicted molar refractivity (Wildman–Crippen MR) is 93.1 cm³/mol. The molecular weight excluding hydrogens is 367 g/mol. The molecule has 19 heavy (non-hydrogen) atoms. The standard InChI is InChI=1S/C13H19BrN2S.2ClH/c1-2-3-4-12(13-9-11(14)10-17-13)16-7-5-15-6-8-16;;/h2,9-10,12,15H,1,3-8H2;2*1H/t12-;;/m0../s1. The molecule has 6 heteroatoms. The van der Waals surface area contributed by atoms with Crippen LogP contribution in [0.1, 0.15) is 23.8 Å². The van der Waals surface area contributed by atoms with Crippen molar-refractivity contribution in [3.63, 3.8) is 0 Å². The van der Waals surface area contributed by atoms with Crippen LogP contribution < -0.4 is 5.32 Å². The van der Waals surface area contributed by atoms with Crippen LogP contribution >= 0.6 is 52.1 Å². The summed E-state index contributed by atoms with van der Waals surface area (Å²) in [7, 11) is 0. The van der Waals surface area contributed by atoms with Gasteiger partial charge >= 0.3 is 0 Å². The number of halogens is 3. The molecule has 2 nitrogen and oxygen atoms in total. The third kappa shape index (κ3) is 5.74. The zero-order valence-electron chi connectivity index (χ0n) is 10.8. The Morgan fingerprint density at radius 2 is 2.11 bits per heavy atom. The van der Waals surface area contributed by atoms with Crippen molar-refractivity contribution in [2.24, 2.45) is 0 Å². The summed E-state index contributed by atoms with van der Waals surface area (Å²) >= 11 is 5.41. The molecule has 1 aliphatic rings. The summed E-state index contributed by atoms with van der Waals surface area (Å²) in [5.74, 6) is 0. The van der Waals surface area contributed by atoms with Crippen LogP contribution in [0.4, 0.5) is 0 Å². The highest BCUT2D eigenvalue weighted by molar-refractivity contribution is 9.10. The minimum absolute atomic E-state index is 0. The topological polar surface area (TPSA) is 15.3 Å². The van der Waals surface area contributed by atoms with Crippen molar-refractivity contribution in [1.82, 2.24) is 10.2 Å². The molecule has 0 spiro atoms. The quantitative estimate of drug-likeness (QED) is 0.759. The Labute approximate surface area is 140 Å². The van der Waals surface area contributed by atoms with E-state index >= 15 is 0 Å². The summed E-state index contributed by atoms with van der Waals surface area (Å²) in [6.07, 6.45) is 4.29. The molecule has 1 fully saturated rings. The third-order valence-corrected chi connectivity index (χ3v) is 4.95. The first-order valence-corrected chi connectivity index (χ1v) is 7.78. The van der Waals surface area contributed by atoms with E-state index in [-0.39, 0.29) is 24.8 Å². The maximum absolute atomic E-state index is 3.84. The first-order valence-electron chi connectivity index (χ1n) is 6.11. The molecule has 1 aromatic rings. The number of piperazine rings is 1. The van der Waals surface area contributed by atoms with Crippen LogP contribution in [-0.2, 0) is 0 Å². The van der Waals surface area contributed by atoms with Crippen molar-refractivity contribution in [2.75, 3.05) is 26.2 Å². The Hall–Kier alpha value is 0.420. The number of allylic oxidation sites excluding steroid dienone is 1. The number of hydrogen-bond acceptors (Lipinski definition) is 3. The lowest BCUT2D eigenvalue weighted by atomic mass is 10.1. The predicted octanol–water partition coefficient (Wildman–Crippen LogP) is 4.27. The van der Waals surface area contributed by atoms with Gasteiger partial charge in [0, 0.05) is 47.0 Å².